The summed E-state index contributed by atoms with van der Waals surface area (Å²) in [6.07, 6.45) is 1.39. The largest absolute Gasteiger partial charge is 0.503 e. The smallest absolute Gasteiger partial charge is 0.257 e. The first kappa shape index (κ1) is 12.1. The Morgan fingerprint density at radius 2 is 2.06 bits per heavy atom. The summed E-state index contributed by atoms with van der Waals surface area (Å²) in [6.45, 7) is 1.74. The van der Waals surface area contributed by atoms with Crippen molar-refractivity contribution in [2.75, 3.05) is 0 Å². The summed E-state index contributed by atoms with van der Waals surface area (Å²) in [5, 5.41) is 9.68. The molecule has 0 aliphatic carbocycles. The van der Waals surface area contributed by atoms with Gasteiger partial charge in [0, 0.05) is 11.8 Å². The van der Waals surface area contributed by atoms with Crippen molar-refractivity contribution in [1.29, 1.82) is 0 Å². The van der Waals surface area contributed by atoms with Crippen molar-refractivity contribution in [3.63, 3.8) is 0 Å². The SMILES string of the molecule is CC(=O)c1cnc(OCc2ccccc2)c(O)c1. The third kappa shape index (κ3) is 2.85. The Morgan fingerprint density at radius 3 is 2.67 bits per heavy atom. The van der Waals surface area contributed by atoms with E-state index in [-0.39, 0.29) is 17.4 Å². The molecule has 0 aliphatic rings. The molecule has 0 radical (unpaired) electrons. The monoisotopic (exact) mass is 243 g/mol. The van der Waals surface area contributed by atoms with Gasteiger partial charge < -0.3 is 9.84 Å². The van der Waals surface area contributed by atoms with Gasteiger partial charge >= 0.3 is 0 Å². The van der Waals surface area contributed by atoms with E-state index in [2.05, 4.69) is 4.98 Å². The maximum absolute atomic E-state index is 11.1. The number of pyridine rings is 1. The van der Waals surface area contributed by atoms with E-state index in [0.717, 1.165) is 5.56 Å². The highest BCUT2D eigenvalue weighted by Gasteiger charge is 2.08. The van der Waals surface area contributed by atoms with Crippen LogP contribution in [-0.2, 0) is 6.61 Å². The summed E-state index contributed by atoms with van der Waals surface area (Å²) in [7, 11) is 0. The molecular formula is C14H13NO3. The molecule has 92 valence electrons. The molecule has 0 atom stereocenters. The second kappa shape index (κ2) is 5.31. The number of hydrogen-bond donors (Lipinski definition) is 1. The Labute approximate surface area is 105 Å². The Morgan fingerprint density at radius 1 is 1.33 bits per heavy atom. The van der Waals surface area contributed by atoms with Gasteiger partial charge in [-0.3, -0.25) is 4.79 Å². The molecule has 0 saturated carbocycles. The number of aromatic nitrogens is 1. The molecule has 1 heterocycles. The quantitative estimate of drug-likeness (QED) is 0.838. The molecule has 0 spiro atoms. The van der Waals surface area contributed by atoms with Crippen molar-refractivity contribution >= 4 is 5.78 Å². The van der Waals surface area contributed by atoms with Gasteiger partial charge in [-0.25, -0.2) is 4.98 Å². The number of hydrogen-bond acceptors (Lipinski definition) is 4. The van der Waals surface area contributed by atoms with Crippen molar-refractivity contribution in [2.24, 2.45) is 0 Å². The van der Waals surface area contributed by atoms with E-state index in [1.165, 1.54) is 19.2 Å². The first-order valence-electron chi connectivity index (χ1n) is 5.53. The molecular weight excluding hydrogens is 230 g/mol. The number of ether oxygens (including phenoxy) is 1. The van der Waals surface area contributed by atoms with E-state index in [0.29, 0.717) is 12.2 Å². The number of rotatable bonds is 4. The van der Waals surface area contributed by atoms with Gasteiger partial charge in [0.2, 0.25) is 0 Å². The fourth-order valence-electron chi connectivity index (χ4n) is 1.47. The molecule has 4 heteroatoms. The van der Waals surface area contributed by atoms with Crippen LogP contribution in [0.15, 0.2) is 42.6 Å². The number of nitrogens with zero attached hydrogens (tertiary/aromatic N) is 1. The van der Waals surface area contributed by atoms with E-state index in [4.69, 9.17) is 4.74 Å². The summed E-state index contributed by atoms with van der Waals surface area (Å²) in [5.41, 5.74) is 1.34. The molecule has 1 N–H and O–H groups in total. The van der Waals surface area contributed by atoms with Gasteiger partial charge in [-0.15, -0.1) is 0 Å². The van der Waals surface area contributed by atoms with Gasteiger partial charge in [-0.05, 0) is 18.6 Å². The minimum atomic E-state index is -0.146. The van der Waals surface area contributed by atoms with Crippen LogP contribution in [-0.4, -0.2) is 15.9 Å². The lowest BCUT2D eigenvalue weighted by atomic mass is 10.2. The van der Waals surface area contributed by atoms with Gasteiger partial charge in [0.25, 0.3) is 5.88 Å². The van der Waals surface area contributed by atoms with Crippen molar-refractivity contribution in [3.8, 4) is 11.6 Å². The highest BCUT2D eigenvalue weighted by atomic mass is 16.5. The van der Waals surface area contributed by atoms with E-state index >= 15 is 0 Å². The highest BCUT2D eigenvalue weighted by Crippen LogP contribution is 2.24. The number of ketones is 1. The van der Waals surface area contributed by atoms with Crippen LogP contribution in [0.25, 0.3) is 0 Å². The molecule has 0 aliphatic heterocycles. The summed E-state index contributed by atoms with van der Waals surface area (Å²) in [5.74, 6) is -0.144. The fraction of sp³-hybridized carbons (Fsp3) is 0.143. The summed E-state index contributed by atoms with van der Waals surface area (Å²) >= 11 is 0. The van der Waals surface area contributed by atoms with E-state index in [1.54, 1.807) is 0 Å². The second-order valence-electron chi connectivity index (χ2n) is 3.88. The zero-order valence-electron chi connectivity index (χ0n) is 9.96. The molecule has 1 aromatic carbocycles. The van der Waals surface area contributed by atoms with Crippen LogP contribution < -0.4 is 4.74 Å². The van der Waals surface area contributed by atoms with Gasteiger partial charge in [-0.2, -0.15) is 0 Å². The van der Waals surface area contributed by atoms with Crippen molar-refractivity contribution < 1.29 is 14.6 Å². The average molecular weight is 243 g/mol. The molecule has 0 saturated heterocycles. The first-order chi connectivity index (χ1) is 8.66. The maximum atomic E-state index is 11.1. The Balaban J connectivity index is 2.08. The molecule has 2 rings (SSSR count). The third-order valence-electron chi connectivity index (χ3n) is 2.46. The van der Waals surface area contributed by atoms with Crippen molar-refractivity contribution in [2.45, 2.75) is 13.5 Å². The van der Waals surface area contributed by atoms with E-state index < -0.39 is 0 Å². The highest BCUT2D eigenvalue weighted by molar-refractivity contribution is 5.94. The van der Waals surface area contributed by atoms with Crippen LogP contribution in [0.1, 0.15) is 22.8 Å². The van der Waals surface area contributed by atoms with E-state index in [1.807, 2.05) is 30.3 Å². The molecule has 0 amide bonds. The van der Waals surface area contributed by atoms with Crippen LogP contribution in [0.3, 0.4) is 0 Å². The lowest BCUT2D eigenvalue weighted by Gasteiger charge is -2.07. The Hall–Kier alpha value is -2.36. The number of carbonyl (C=O) groups is 1. The van der Waals surface area contributed by atoms with E-state index in [9.17, 15) is 9.90 Å². The molecule has 0 fully saturated rings. The number of carbonyl (C=O) groups excluding carboxylic acids is 1. The van der Waals surface area contributed by atoms with Crippen LogP contribution in [0.5, 0.6) is 11.6 Å². The van der Waals surface area contributed by atoms with Crippen LogP contribution in [0.4, 0.5) is 0 Å². The predicted molar refractivity (Wildman–Crippen MR) is 66.7 cm³/mol. The van der Waals surface area contributed by atoms with Crippen molar-refractivity contribution in [3.05, 3.63) is 53.7 Å². The molecule has 1 aromatic heterocycles. The fourth-order valence-corrected chi connectivity index (χ4v) is 1.47. The lowest BCUT2D eigenvalue weighted by Crippen LogP contribution is -1.99. The molecule has 0 bridgehead atoms. The normalized spacial score (nSPS) is 10.1. The first-order valence-corrected chi connectivity index (χ1v) is 5.53. The predicted octanol–water partition coefficient (Wildman–Crippen LogP) is 2.57. The molecule has 4 nitrogen and oxygen atoms in total. The van der Waals surface area contributed by atoms with Gasteiger partial charge in [0.1, 0.15) is 6.61 Å². The topological polar surface area (TPSA) is 59.4 Å². The summed E-state index contributed by atoms with van der Waals surface area (Å²) in [4.78, 5) is 15.0. The lowest BCUT2D eigenvalue weighted by molar-refractivity contribution is 0.101. The zero-order chi connectivity index (χ0) is 13.0. The minimum absolute atomic E-state index is 0.126. The second-order valence-corrected chi connectivity index (χ2v) is 3.88. The third-order valence-corrected chi connectivity index (χ3v) is 2.46. The number of aromatic hydroxyl groups is 1. The number of benzene rings is 1. The Kier molecular flexibility index (Phi) is 3.57. The van der Waals surface area contributed by atoms with Gasteiger partial charge in [0.05, 0.1) is 0 Å². The summed E-state index contributed by atoms with van der Waals surface area (Å²) < 4.78 is 5.39. The van der Waals surface area contributed by atoms with Crippen LogP contribution in [0, 0.1) is 0 Å². The Bertz CT molecular complexity index is 552. The number of Topliss-reactive ketones (excluding diaryl/α,β-unsaturated/α-hetero) is 1. The molecule has 2 aromatic rings. The zero-order valence-corrected chi connectivity index (χ0v) is 9.96. The van der Waals surface area contributed by atoms with Crippen LogP contribution >= 0.6 is 0 Å². The molecule has 0 unspecified atom stereocenters. The maximum Gasteiger partial charge on any atom is 0.257 e. The van der Waals surface area contributed by atoms with Gasteiger partial charge in [-0.1, -0.05) is 30.3 Å². The molecule has 18 heavy (non-hydrogen) atoms. The van der Waals surface area contributed by atoms with Gasteiger partial charge in [0.15, 0.2) is 11.5 Å². The standard InChI is InChI=1S/C14H13NO3/c1-10(16)12-7-13(17)14(15-8-12)18-9-11-5-3-2-4-6-11/h2-8,17H,9H2,1H3. The van der Waals surface area contributed by atoms with Crippen molar-refractivity contribution in [1.82, 2.24) is 4.98 Å². The summed E-state index contributed by atoms with van der Waals surface area (Å²) in [6, 6.07) is 10.9. The average Bonchev–Trinajstić information content (AvgIpc) is 2.38. The minimum Gasteiger partial charge on any atom is -0.503 e. The van der Waals surface area contributed by atoms with Crippen LogP contribution in [0.2, 0.25) is 0 Å².